The van der Waals surface area contributed by atoms with Crippen molar-refractivity contribution in [2.45, 2.75) is 32.4 Å². The first-order chi connectivity index (χ1) is 13.5. The standard InChI is InChI=1S/C22H24N4O2/c1-16(18-8-10-20(11-9-18)26-13-12-23-15-26)24-22(28)14-21(25-17(2)27)19-6-4-3-5-7-19/h3-13,15-16,21H,14H2,1-2H3,(H,24,28)(H,25,27)/t16-,21+/m1/s1. The molecule has 0 saturated carbocycles. The van der Waals surface area contributed by atoms with Crippen molar-refractivity contribution < 1.29 is 9.59 Å². The summed E-state index contributed by atoms with van der Waals surface area (Å²) in [6.07, 6.45) is 5.54. The molecular weight excluding hydrogens is 352 g/mol. The van der Waals surface area contributed by atoms with Gasteiger partial charge in [0.1, 0.15) is 0 Å². The number of amides is 2. The first kappa shape index (κ1) is 19.4. The highest BCUT2D eigenvalue weighted by Gasteiger charge is 2.18. The maximum atomic E-state index is 12.6. The molecule has 0 aliphatic heterocycles. The highest BCUT2D eigenvalue weighted by molar-refractivity contribution is 5.79. The summed E-state index contributed by atoms with van der Waals surface area (Å²) in [5.41, 5.74) is 2.92. The van der Waals surface area contributed by atoms with Gasteiger partial charge in [-0.05, 0) is 30.2 Å². The lowest BCUT2D eigenvalue weighted by molar-refractivity contribution is -0.123. The van der Waals surface area contributed by atoms with Gasteiger partial charge in [0.05, 0.1) is 24.8 Å². The normalized spacial score (nSPS) is 12.8. The van der Waals surface area contributed by atoms with E-state index in [9.17, 15) is 9.59 Å². The van der Waals surface area contributed by atoms with Gasteiger partial charge in [-0.2, -0.15) is 0 Å². The van der Waals surface area contributed by atoms with Crippen molar-refractivity contribution in [1.82, 2.24) is 20.2 Å². The topological polar surface area (TPSA) is 76.0 Å². The van der Waals surface area contributed by atoms with E-state index in [2.05, 4.69) is 15.6 Å². The molecule has 0 spiro atoms. The van der Waals surface area contributed by atoms with Crippen molar-refractivity contribution in [2.24, 2.45) is 0 Å². The third-order valence-corrected chi connectivity index (χ3v) is 4.54. The van der Waals surface area contributed by atoms with E-state index in [1.54, 1.807) is 12.5 Å². The Labute approximate surface area is 164 Å². The lowest BCUT2D eigenvalue weighted by Crippen LogP contribution is -2.33. The molecule has 2 N–H and O–H groups in total. The first-order valence-corrected chi connectivity index (χ1v) is 9.22. The van der Waals surface area contributed by atoms with Gasteiger partial charge in [0.15, 0.2) is 0 Å². The minimum atomic E-state index is -0.352. The van der Waals surface area contributed by atoms with Gasteiger partial charge in [0.2, 0.25) is 11.8 Å². The number of nitrogens with one attached hydrogen (secondary N) is 2. The van der Waals surface area contributed by atoms with Crippen LogP contribution in [0.4, 0.5) is 0 Å². The molecular formula is C22H24N4O2. The molecule has 144 valence electrons. The second kappa shape index (κ2) is 8.99. The molecule has 1 heterocycles. The Morgan fingerprint density at radius 3 is 2.32 bits per heavy atom. The number of carbonyl (C=O) groups is 2. The van der Waals surface area contributed by atoms with Gasteiger partial charge in [-0.1, -0.05) is 42.5 Å². The summed E-state index contributed by atoms with van der Waals surface area (Å²) in [4.78, 5) is 28.1. The van der Waals surface area contributed by atoms with E-state index < -0.39 is 0 Å². The van der Waals surface area contributed by atoms with Gasteiger partial charge < -0.3 is 15.2 Å². The van der Waals surface area contributed by atoms with Crippen LogP contribution < -0.4 is 10.6 Å². The Morgan fingerprint density at radius 1 is 1.00 bits per heavy atom. The summed E-state index contributed by atoms with van der Waals surface area (Å²) >= 11 is 0. The molecule has 3 rings (SSSR count). The molecule has 2 atom stereocenters. The van der Waals surface area contributed by atoms with Gasteiger partial charge in [0.25, 0.3) is 0 Å². The predicted octanol–water partition coefficient (Wildman–Crippen LogP) is 3.32. The van der Waals surface area contributed by atoms with Crippen molar-refractivity contribution in [3.05, 3.63) is 84.4 Å². The van der Waals surface area contributed by atoms with Crippen molar-refractivity contribution in [3.8, 4) is 5.69 Å². The van der Waals surface area contributed by atoms with E-state index in [0.717, 1.165) is 16.8 Å². The zero-order valence-corrected chi connectivity index (χ0v) is 16.0. The molecule has 0 radical (unpaired) electrons. The Morgan fingerprint density at radius 2 is 1.71 bits per heavy atom. The average molecular weight is 376 g/mol. The molecule has 2 aromatic carbocycles. The molecule has 0 unspecified atom stereocenters. The molecule has 6 heteroatoms. The second-order valence-electron chi connectivity index (χ2n) is 6.72. The fourth-order valence-electron chi connectivity index (χ4n) is 3.10. The van der Waals surface area contributed by atoms with Crippen LogP contribution in [-0.2, 0) is 9.59 Å². The smallest absolute Gasteiger partial charge is 0.222 e. The quantitative estimate of drug-likeness (QED) is 0.664. The Balaban J connectivity index is 1.63. The van der Waals surface area contributed by atoms with Gasteiger partial charge in [-0.15, -0.1) is 0 Å². The van der Waals surface area contributed by atoms with E-state index in [1.807, 2.05) is 72.3 Å². The third kappa shape index (κ3) is 5.07. The van der Waals surface area contributed by atoms with Crippen LogP contribution in [0.25, 0.3) is 5.69 Å². The minimum absolute atomic E-state index is 0.117. The minimum Gasteiger partial charge on any atom is -0.350 e. The van der Waals surface area contributed by atoms with E-state index in [4.69, 9.17) is 0 Å². The number of carbonyl (C=O) groups excluding carboxylic acids is 2. The van der Waals surface area contributed by atoms with Gasteiger partial charge >= 0.3 is 0 Å². The summed E-state index contributed by atoms with van der Waals surface area (Å²) in [5, 5.41) is 5.87. The summed E-state index contributed by atoms with van der Waals surface area (Å²) in [6.45, 7) is 3.40. The van der Waals surface area contributed by atoms with Crippen LogP contribution in [0.5, 0.6) is 0 Å². The zero-order chi connectivity index (χ0) is 19.9. The monoisotopic (exact) mass is 376 g/mol. The fourth-order valence-corrected chi connectivity index (χ4v) is 3.10. The van der Waals surface area contributed by atoms with Crippen LogP contribution in [0.3, 0.4) is 0 Å². The van der Waals surface area contributed by atoms with E-state index in [-0.39, 0.29) is 30.3 Å². The van der Waals surface area contributed by atoms with E-state index in [1.165, 1.54) is 6.92 Å². The molecule has 6 nitrogen and oxygen atoms in total. The molecule has 0 aliphatic carbocycles. The van der Waals surface area contributed by atoms with Crippen LogP contribution in [0.2, 0.25) is 0 Å². The van der Waals surface area contributed by atoms with E-state index in [0.29, 0.717) is 0 Å². The average Bonchev–Trinajstić information content (AvgIpc) is 3.22. The lowest BCUT2D eigenvalue weighted by Gasteiger charge is -2.20. The molecule has 3 aromatic rings. The number of hydrogen-bond acceptors (Lipinski definition) is 3. The summed E-state index contributed by atoms with van der Waals surface area (Å²) in [6, 6.07) is 17.0. The number of nitrogens with zero attached hydrogens (tertiary/aromatic N) is 2. The number of imidazole rings is 1. The van der Waals surface area contributed by atoms with Crippen molar-refractivity contribution in [1.29, 1.82) is 0 Å². The SMILES string of the molecule is CC(=O)N[C@@H](CC(=O)N[C@H](C)c1ccc(-n2ccnc2)cc1)c1ccccc1. The van der Waals surface area contributed by atoms with Gasteiger partial charge in [0, 0.05) is 25.0 Å². The number of aromatic nitrogens is 2. The summed E-state index contributed by atoms with van der Waals surface area (Å²) in [7, 11) is 0. The maximum absolute atomic E-state index is 12.6. The molecule has 28 heavy (non-hydrogen) atoms. The molecule has 2 amide bonds. The predicted molar refractivity (Wildman–Crippen MR) is 108 cm³/mol. The molecule has 0 saturated heterocycles. The summed E-state index contributed by atoms with van der Waals surface area (Å²) < 4.78 is 1.92. The fraction of sp³-hybridized carbons (Fsp3) is 0.227. The molecule has 0 aliphatic rings. The van der Waals surface area contributed by atoms with Crippen LogP contribution in [0.15, 0.2) is 73.3 Å². The second-order valence-corrected chi connectivity index (χ2v) is 6.72. The van der Waals surface area contributed by atoms with Crippen LogP contribution in [0.1, 0.15) is 43.5 Å². The largest absolute Gasteiger partial charge is 0.350 e. The highest BCUT2D eigenvalue weighted by Crippen LogP contribution is 2.19. The molecule has 1 aromatic heterocycles. The lowest BCUT2D eigenvalue weighted by atomic mass is 10.0. The number of rotatable bonds is 7. The van der Waals surface area contributed by atoms with Crippen molar-refractivity contribution in [2.75, 3.05) is 0 Å². The zero-order valence-electron chi connectivity index (χ0n) is 16.0. The Bertz CT molecular complexity index is 905. The van der Waals surface area contributed by atoms with Gasteiger partial charge in [-0.3, -0.25) is 9.59 Å². The molecule has 0 bridgehead atoms. The molecule has 0 fully saturated rings. The maximum Gasteiger partial charge on any atom is 0.222 e. The van der Waals surface area contributed by atoms with E-state index >= 15 is 0 Å². The summed E-state index contributed by atoms with van der Waals surface area (Å²) in [5.74, 6) is -0.279. The Kier molecular flexibility index (Phi) is 6.22. The third-order valence-electron chi connectivity index (χ3n) is 4.54. The first-order valence-electron chi connectivity index (χ1n) is 9.22. The van der Waals surface area contributed by atoms with Crippen LogP contribution >= 0.6 is 0 Å². The number of hydrogen-bond donors (Lipinski definition) is 2. The van der Waals surface area contributed by atoms with Crippen molar-refractivity contribution in [3.63, 3.8) is 0 Å². The van der Waals surface area contributed by atoms with Gasteiger partial charge in [-0.25, -0.2) is 4.98 Å². The Hall–Kier alpha value is -3.41. The van der Waals surface area contributed by atoms with Crippen LogP contribution in [0, 0.1) is 0 Å². The number of benzene rings is 2. The highest BCUT2D eigenvalue weighted by atomic mass is 16.2. The van der Waals surface area contributed by atoms with Crippen molar-refractivity contribution >= 4 is 11.8 Å². The van der Waals surface area contributed by atoms with Crippen LogP contribution in [-0.4, -0.2) is 21.4 Å².